The number of rotatable bonds is 2. The third kappa shape index (κ3) is 1.49. The van der Waals surface area contributed by atoms with E-state index in [0.717, 1.165) is 11.3 Å². The number of para-hydroxylation sites is 1. The number of benzene rings is 1. The molecular weight excluding hydrogens is 178 g/mol. The first-order chi connectivity index (χ1) is 6.76. The topological polar surface area (TPSA) is 41.5 Å². The van der Waals surface area contributed by atoms with Gasteiger partial charge in [-0.1, -0.05) is 18.2 Å². The van der Waals surface area contributed by atoms with Crippen LogP contribution in [0.5, 0.6) is 5.75 Å². The zero-order chi connectivity index (χ0) is 10.0. The van der Waals surface area contributed by atoms with Crippen LogP contribution in [0.3, 0.4) is 0 Å². The highest BCUT2D eigenvalue weighted by atomic mass is 16.5. The number of hydrogen-bond donors (Lipinski definition) is 2. The average molecular weight is 193 g/mol. The SMILES string of the molecule is CNCC1(O)CCOc2ccccc21. The molecule has 76 valence electrons. The van der Waals surface area contributed by atoms with Gasteiger partial charge in [0.25, 0.3) is 0 Å². The Bertz CT molecular complexity index is 327. The maximum atomic E-state index is 10.4. The van der Waals surface area contributed by atoms with Crippen molar-refractivity contribution in [3.8, 4) is 5.75 Å². The molecule has 3 heteroatoms. The summed E-state index contributed by atoms with van der Waals surface area (Å²) in [5.74, 6) is 0.802. The van der Waals surface area contributed by atoms with Gasteiger partial charge >= 0.3 is 0 Å². The summed E-state index contributed by atoms with van der Waals surface area (Å²) in [6, 6.07) is 7.67. The zero-order valence-corrected chi connectivity index (χ0v) is 8.29. The lowest BCUT2D eigenvalue weighted by Crippen LogP contribution is -2.40. The molecule has 0 radical (unpaired) electrons. The van der Waals surface area contributed by atoms with Crippen molar-refractivity contribution in [1.82, 2.24) is 5.32 Å². The van der Waals surface area contributed by atoms with Gasteiger partial charge in [0, 0.05) is 18.5 Å². The molecule has 1 aromatic carbocycles. The third-order valence-corrected chi connectivity index (χ3v) is 2.63. The second kappa shape index (κ2) is 3.59. The fourth-order valence-electron chi connectivity index (χ4n) is 1.92. The summed E-state index contributed by atoms with van der Waals surface area (Å²) in [7, 11) is 1.84. The van der Waals surface area contributed by atoms with Gasteiger partial charge in [-0.25, -0.2) is 0 Å². The molecule has 0 fully saturated rings. The average Bonchev–Trinajstić information content (AvgIpc) is 2.19. The molecule has 2 N–H and O–H groups in total. The monoisotopic (exact) mass is 193 g/mol. The minimum atomic E-state index is -0.774. The third-order valence-electron chi connectivity index (χ3n) is 2.63. The van der Waals surface area contributed by atoms with Crippen LogP contribution >= 0.6 is 0 Å². The molecule has 14 heavy (non-hydrogen) atoms. The lowest BCUT2D eigenvalue weighted by molar-refractivity contribution is -0.000560. The Morgan fingerprint density at radius 3 is 3.07 bits per heavy atom. The molecule has 0 amide bonds. The van der Waals surface area contributed by atoms with Gasteiger partial charge in [-0.05, 0) is 13.1 Å². The molecule has 1 atom stereocenters. The van der Waals surface area contributed by atoms with Gasteiger partial charge in [-0.2, -0.15) is 0 Å². The zero-order valence-electron chi connectivity index (χ0n) is 8.29. The fraction of sp³-hybridized carbons (Fsp3) is 0.455. The number of hydrogen-bond acceptors (Lipinski definition) is 3. The van der Waals surface area contributed by atoms with E-state index >= 15 is 0 Å². The minimum Gasteiger partial charge on any atom is -0.493 e. The summed E-state index contributed by atoms with van der Waals surface area (Å²) in [5, 5.41) is 13.4. The van der Waals surface area contributed by atoms with Crippen molar-refractivity contribution in [2.75, 3.05) is 20.2 Å². The van der Waals surface area contributed by atoms with Crippen molar-refractivity contribution in [2.45, 2.75) is 12.0 Å². The van der Waals surface area contributed by atoms with Crippen molar-refractivity contribution in [1.29, 1.82) is 0 Å². The predicted octanol–water partition coefficient (Wildman–Crippen LogP) is 0.876. The number of likely N-dealkylation sites (N-methyl/N-ethyl adjacent to an activating group) is 1. The summed E-state index contributed by atoms with van der Waals surface area (Å²) in [4.78, 5) is 0. The van der Waals surface area contributed by atoms with E-state index in [1.54, 1.807) is 0 Å². The van der Waals surface area contributed by atoms with Gasteiger partial charge in [0.05, 0.1) is 6.61 Å². The van der Waals surface area contributed by atoms with E-state index in [-0.39, 0.29) is 0 Å². The minimum absolute atomic E-state index is 0.563. The first kappa shape index (κ1) is 9.49. The van der Waals surface area contributed by atoms with E-state index in [1.165, 1.54) is 0 Å². The van der Waals surface area contributed by atoms with E-state index < -0.39 is 5.60 Å². The van der Waals surface area contributed by atoms with Crippen LogP contribution in [0.4, 0.5) is 0 Å². The van der Waals surface area contributed by atoms with Crippen molar-refractivity contribution in [3.63, 3.8) is 0 Å². The van der Waals surface area contributed by atoms with Gasteiger partial charge < -0.3 is 15.2 Å². The van der Waals surface area contributed by atoms with Crippen molar-refractivity contribution < 1.29 is 9.84 Å². The smallest absolute Gasteiger partial charge is 0.125 e. The van der Waals surface area contributed by atoms with Gasteiger partial charge in [-0.3, -0.25) is 0 Å². The predicted molar refractivity (Wildman–Crippen MR) is 54.4 cm³/mol. The lowest BCUT2D eigenvalue weighted by atomic mass is 9.88. The summed E-state index contributed by atoms with van der Waals surface area (Å²) >= 11 is 0. The van der Waals surface area contributed by atoms with Crippen molar-refractivity contribution in [2.24, 2.45) is 0 Å². The van der Waals surface area contributed by atoms with Gasteiger partial charge in [0.15, 0.2) is 0 Å². The van der Waals surface area contributed by atoms with E-state index in [0.29, 0.717) is 19.6 Å². The molecule has 1 aliphatic rings. The number of fused-ring (bicyclic) bond motifs is 1. The summed E-state index contributed by atoms with van der Waals surface area (Å²) in [6.45, 7) is 1.14. The highest BCUT2D eigenvalue weighted by Gasteiger charge is 2.34. The second-order valence-electron chi connectivity index (χ2n) is 3.66. The molecule has 1 aliphatic heterocycles. The Kier molecular flexibility index (Phi) is 2.44. The Balaban J connectivity index is 2.39. The molecule has 0 saturated heterocycles. The van der Waals surface area contributed by atoms with Crippen LogP contribution in [0.2, 0.25) is 0 Å². The van der Waals surface area contributed by atoms with Crippen LogP contribution in [-0.4, -0.2) is 25.3 Å². The van der Waals surface area contributed by atoms with E-state index in [1.807, 2.05) is 31.3 Å². The first-order valence-electron chi connectivity index (χ1n) is 4.85. The maximum absolute atomic E-state index is 10.4. The Morgan fingerprint density at radius 2 is 2.29 bits per heavy atom. The standard InChI is InChI=1S/C11H15NO2/c1-12-8-11(13)6-7-14-10-5-3-2-4-9(10)11/h2-5,12-13H,6-8H2,1H3. The van der Waals surface area contributed by atoms with Gasteiger partial charge in [0.2, 0.25) is 0 Å². The van der Waals surface area contributed by atoms with Gasteiger partial charge in [-0.15, -0.1) is 0 Å². The molecule has 0 bridgehead atoms. The quantitative estimate of drug-likeness (QED) is 0.732. The Hall–Kier alpha value is -1.06. The largest absolute Gasteiger partial charge is 0.493 e. The molecule has 3 nitrogen and oxygen atoms in total. The molecule has 1 unspecified atom stereocenters. The molecule has 0 aromatic heterocycles. The first-order valence-corrected chi connectivity index (χ1v) is 4.85. The van der Waals surface area contributed by atoms with Crippen LogP contribution in [-0.2, 0) is 5.60 Å². The summed E-state index contributed by atoms with van der Waals surface area (Å²) in [6.07, 6.45) is 0.644. The number of ether oxygens (including phenoxy) is 1. The van der Waals surface area contributed by atoms with E-state index in [4.69, 9.17) is 4.74 Å². The Morgan fingerprint density at radius 1 is 1.50 bits per heavy atom. The summed E-state index contributed by atoms with van der Waals surface area (Å²) < 4.78 is 5.48. The normalized spacial score (nSPS) is 25.3. The number of nitrogens with one attached hydrogen (secondary N) is 1. The van der Waals surface area contributed by atoms with Crippen molar-refractivity contribution in [3.05, 3.63) is 29.8 Å². The van der Waals surface area contributed by atoms with Gasteiger partial charge in [0.1, 0.15) is 11.4 Å². The molecule has 1 aromatic rings. The van der Waals surface area contributed by atoms with E-state index in [9.17, 15) is 5.11 Å². The summed E-state index contributed by atoms with van der Waals surface area (Å²) in [5.41, 5.74) is 0.115. The van der Waals surface area contributed by atoms with E-state index in [2.05, 4.69) is 5.32 Å². The Labute approximate surface area is 83.7 Å². The van der Waals surface area contributed by atoms with Crippen LogP contribution in [0.1, 0.15) is 12.0 Å². The molecule has 0 spiro atoms. The molecule has 0 aliphatic carbocycles. The molecule has 2 rings (SSSR count). The van der Waals surface area contributed by atoms with Crippen LogP contribution in [0, 0.1) is 0 Å². The second-order valence-corrected chi connectivity index (χ2v) is 3.66. The number of aliphatic hydroxyl groups is 1. The maximum Gasteiger partial charge on any atom is 0.125 e. The highest BCUT2D eigenvalue weighted by Crippen LogP contribution is 2.35. The molecule has 0 saturated carbocycles. The molecule has 1 heterocycles. The van der Waals surface area contributed by atoms with Crippen LogP contribution in [0.15, 0.2) is 24.3 Å². The molecular formula is C11H15NO2. The fourth-order valence-corrected chi connectivity index (χ4v) is 1.92. The van der Waals surface area contributed by atoms with Crippen LogP contribution in [0.25, 0.3) is 0 Å². The highest BCUT2D eigenvalue weighted by molar-refractivity contribution is 5.39. The lowest BCUT2D eigenvalue weighted by Gasteiger charge is -2.34. The van der Waals surface area contributed by atoms with Crippen LogP contribution < -0.4 is 10.1 Å². The van der Waals surface area contributed by atoms with Crippen molar-refractivity contribution >= 4 is 0 Å².